The van der Waals surface area contributed by atoms with Crippen LogP contribution in [-0.2, 0) is 6.42 Å². The third kappa shape index (κ3) is 7.78. The van der Waals surface area contributed by atoms with Gasteiger partial charge in [0.2, 0.25) is 0 Å². The Labute approximate surface area is 187 Å². The molecule has 0 aromatic heterocycles. The fraction of sp³-hybridized carbons (Fsp3) is 0.444. The Morgan fingerprint density at radius 1 is 0.871 bits per heavy atom. The van der Waals surface area contributed by atoms with Crippen LogP contribution in [0.25, 0.3) is 6.08 Å². The molecule has 0 aliphatic rings. The van der Waals surface area contributed by atoms with Gasteiger partial charge in [0.15, 0.2) is 5.78 Å². The van der Waals surface area contributed by atoms with Crippen LogP contribution in [0.15, 0.2) is 42.5 Å². The van der Waals surface area contributed by atoms with Crippen LogP contribution >= 0.6 is 0 Å². The predicted molar refractivity (Wildman–Crippen MR) is 128 cm³/mol. The van der Waals surface area contributed by atoms with Crippen LogP contribution in [0.1, 0.15) is 74.4 Å². The Kier molecular flexibility index (Phi) is 10.7. The summed E-state index contributed by atoms with van der Waals surface area (Å²) in [5.41, 5.74) is 2.64. The fourth-order valence-corrected chi connectivity index (χ4v) is 3.17. The van der Waals surface area contributed by atoms with Crippen molar-refractivity contribution in [3.63, 3.8) is 0 Å². The molecule has 4 heteroatoms. The Morgan fingerprint density at radius 2 is 1.45 bits per heavy atom. The highest BCUT2D eigenvalue weighted by atomic mass is 16.5. The summed E-state index contributed by atoms with van der Waals surface area (Å²) in [5, 5.41) is 0. The van der Waals surface area contributed by atoms with Crippen molar-refractivity contribution in [2.24, 2.45) is 0 Å². The molecule has 2 aromatic rings. The van der Waals surface area contributed by atoms with Crippen LogP contribution in [-0.4, -0.2) is 26.1 Å². The molecule has 0 fully saturated rings. The second-order valence-electron chi connectivity index (χ2n) is 7.58. The van der Waals surface area contributed by atoms with Gasteiger partial charge in [-0.25, -0.2) is 0 Å². The summed E-state index contributed by atoms with van der Waals surface area (Å²) in [5.74, 6) is 2.40. The number of ketones is 1. The minimum Gasteiger partial charge on any atom is -0.497 e. The van der Waals surface area contributed by atoms with Gasteiger partial charge in [0.1, 0.15) is 17.2 Å². The van der Waals surface area contributed by atoms with Gasteiger partial charge in [-0.15, -0.1) is 0 Å². The number of benzene rings is 2. The van der Waals surface area contributed by atoms with Crippen molar-refractivity contribution in [3.8, 4) is 17.2 Å². The predicted octanol–water partition coefficient (Wildman–Crippen LogP) is 6.90. The van der Waals surface area contributed by atoms with Crippen molar-refractivity contribution >= 4 is 11.9 Å². The first-order chi connectivity index (χ1) is 15.1. The van der Waals surface area contributed by atoms with E-state index in [2.05, 4.69) is 20.8 Å². The van der Waals surface area contributed by atoms with Gasteiger partial charge in [0.25, 0.3) is 0 Å². The van der Waals surface area contributed by atoms with Gasteiger partial charge in [0, 0.05) is 11.1 Å². The van der Waals surface area contributed by atoms with Gasteiger partial charge in [-0.3, -0.25) is 4.79 Å². The number of hydrogen-bond donors (Lipinski definition) is 0. The van der Waals surface area contributed by atoms with Crippen molar-refractivity contribution in [1.82, 2.24) is 0 Å². The second-order valence-corrected chi connectivity index (χ2v) is 7.58. The highest BCUT2D eigenvalue weighted by Gasteiger charge is 2.13. The zero-order valence-electron chi connectivity index (χ0n) is 19.4. The topological polar surface area (TPSA) is 44.8 Å². The number of allylic oxidation sites excluding steroid dienone is 1. The average Bonchev–Trinajstić information content (AvgIpc) is 2.79. The first kappa shape index (κ1) is 24.5. The van der Waals surface area contributed by atoms with Crippen LogP contribution in [0.3, 0.4) is 0 Å². The third-order valence-corrected chi connectivity index (χ3v) is 5.00. The minimum atomic E-state index is -0.0535. The molecule has 0 N–H and O–H groups in total. The van der Waals surface area contributed by atoms with Crippen LogP contribution in [0.2, 0.25) is 0 Å². The van der Waals surface area contributed by atoms with E-state index in [-0.39, 0.29) is 5.78 Å². The molecular weight excluding hydrogens is 388 g/mol. The van der Waals surface area contributed by atoms with E-state index in [0.717, 1.165) is 66.9 Å². The fourth-order valence-electron chi connectivity index (χ4n) is 3.17. The first-order valence-corrected chi connectivity index (χ1v) is 11.4. The smallest absolute Gasteiger partial charge is 0.185 e. The zero-order valence-corrected chi connectivity index (χ0v) is 19.4. The highest BCUT2D eigenvalue weighted by Crippen LogP contribution is 2.33. The summed E-state index contributed by atoms with van der Waals surface area (Å²) in [4.78, 5) is 12.6. The standard InChI is InChI=1S/C27H36O4/c1-5-8-17-30-26-19-21(20-27(24(26)10-7-3)31-18-9-6-2)11-16-25(28)22-12-14-23(29-4)15-13-22/h11-16,19-20H,5-10,17-18H2,1-4H3/b16-11+. The summed E-state index contributed by atoms with van der Waals surface area (Å²) in [6.45, 7) is 7.82. The van der Waals surface area contributed by atoms with E-state index in [1.807, 2.05) is 18.2 Å². The molecule has 0 bridgehead atoms. The lowest BCUT2D eigenvalue weighted by Gasteiger charge is -2.17. The molecule has 31 heavy (non-hydrogen) atoms. The number of hydrogen-bond acceptors (Lipinski definition) is 4. The molecule has 2 aromatic carbocycles. The summed E-state index contributed by atoms with van der Waals surface area (Å²) >= 11 is 0. The minimum absolute atomic E-state index is 0.0535. The lowest BCUT2D eigenvalue weighted by molar-refractivity contribution is 0.104. The van der Waals surface area contributed by atoms with Gasteiger partial charge in [-0.1, -0.05) is 46.1 Å². The molecule has 4 nitrogen and oxygen atoms in total. The number of ether oxygens (including phenoxy) is 3. The van der Waals surface area contributed by atoms with E-state index in [9.17, 15) is 4.79 Å². The molecule has 0 amide bonds. The Morgan fingerprint density at radius 3 is 1.94 bits per heavy atom. The van der Waals surface area contributed by atoms with Gasteiger partial charge in [-0.2, -0.15) is 0 Å². The largest absolute Gasteiger partial charge is 0.497 e. The monoisotopic (exact) mass is 424 g/mol. The van der Waals surface area contributed by atoms with Gasteiger partial charge in [-0.05, 0) is 67.3 Å². The quantitative estimate of drug-likeness (QED) is 0.188. The van der Waals surface area contributed by atoms with Gasteiger partial charge < -0.3 is 14.2 Å². The van der Waals surface area contributed by atoms with Crippen molar-refractivity contribution in [2.75, 3.05) is 20.3 Å². The molecule has 0 radical (unpaired) electrons. The van der Waals surface area contributed by atoms with E-state index < -0.39 is 0 Å². The Hall–Kier alpha value is -2.75. The normalized spacial score (nSPS) is 11.0. The van der Waals surface area contributed by atoms with Crippen molar-refractivity contribution < 1.29 is 19.0 Å². The number of carbonyl (C=O) groups is 1. The Balaban J connectivity index is 2.30. The van der Waals surface area contributed by atoms with E-state index in [1.165, 1.54) is 0 Å². The maximum Gasteiger partial charge on any atom is 0.185 e. The van der Waals surface area contributed by atoms with Crippen LogP contribution in [0.5, 0.6) is 17.2 Å². The van der Waals surface area contributed by atoms with E-state index in [4.69, 9.17) is 14.2 Å². The average molecular weight is 425 g/mol. The van der Waals surface area contributed by atoms with E-state index in [1.54, 1.807) is 37.5 Å². The van der Waals surface area contributed by atoms with Gasteiger partial charge in [0.05, 0.1) is 20.3 Å². The molecule has 0 heterocycles. The summed E-state index contributed by atoms with van der Waals surface area (Å²) < 4.78 is 17.4. The molecule has 0 aliphatic heterocycles. The summed E-state index contributed by atoms with van der Waals surface area (Å²) in [6.07, 6.45) is 9.53. The summed E-state index contributed by atoms with van der Waals surface area (Å²) in [6, 6.07) is 11.2. The lowest BCUT2D eigenvalue weighted by atomic mass is 10.0. The van der Waals surface area contributed by atoms with Crippen molar-refractivity contribution in [3.05, 3.63) is 59.2 Å². The Bertz CT molecular complexity index is 806. The van der Waals surface area contributed by atoms with Crippen LogP contribution < -0.4 is 14.2 Å². The third-order valence-electron chi connectivity index (χ3n) is 5.00. The molecule has 0 saturated heterocycles. The molecular formula is C27H36O4. The van der Waals surface area contributed by atoms with Crippen LogP contribution in [0.4, 0.5) is 0 Å². The van der Waals surface area contributed by atoms with E-state index >= 15 is 0 Å². The lowest BCUT2D eigenvalue weighted by Crippen LogP contribution is -2.05. The molecule has 0 unspecified atom stereocenters. The molecule has 0 saturated carbocycles. The van der Waals surface area contributed by atoms with E-state index in [0.29, 0.717) is 18.8 Å². The van der Waals surface area contributed by atoms with Crippen molar-refractivity contribution in [1.29, 1.82) is 0 Å². The van der Waals surface area contributed by atoms with Gasteiger partial charge >= 0.3 is 0 Å². The zero-order chi connectivity index (χ0) is 22.5. The number of unbranched alkanes of at least 4 members (excludes halogenated alkanes) is 2. The number of rotatable bonds is 14. The van der Waals surface area contributed by atoms with Crippen molar-refractivity contribution in [2.45, 2.75) is 59.3 Å². The number of methoxy groups -OCH3 is 1. The molecule has 0 atom stereocenters. The SMILES string of the molecule is CCCCOc1cc(/C=C/C(=O)c2ccc(OC)cc2)cc(OCCCC)c1CCC. The van der Waals surface area contributed by atoms with Crippen LogP contribution in [0, 0.1) is 0 Å². The molecule has 0 spiro atoms. The molecule has 168 valence electrons. The maximum absolute atomic E-state index is 12.6. The maximum atomic E-state index is 12.6. The first-order valence-electron chi connectivity index (χ1n) is 11.4. The summed E-state index contributed by atoms with van der Waals surface area (Å²) in [7, 11) is 1.61. The molecule has 2 rings (SSSR count). The highest BCUT2D eigenvalue weighted by molar-refractivity contribution is 6.06. The molecule has 0 aliphatic carbocycles. The number of carbonyl (C=O) groups excluding carboxylic acids is 1. The second kappa shape index (κ2) is 13.5.